The number of benzene rings is 2. The normalized spacial score (nSPS) is 13.1. The summed E-state index contributed by atoms with van der Waals surface area (Å²) in [6.07, 6.45) is -2.48. The lowest BCUT2D eigenvalue weighted by Crippen LogP contribution is -2.10. The zero-order valence-electron chi connectivity index (χ0n) is 14.5. The Morgan fingerprint density at radius 3 is 2.32 bits per heavy atom. The number of aromatic nitrogens is 2. The highest BCUT2D eigenvalue weighted by Crippen LogP contribution is 2.33. The summed E-state index contributed by atoms with van der Waals surface area (Å²) in [5, 5.41) is 6.36. The number of halogens is 3. The zero-order chi connectivity index (χ0) is 18.1. The smallest absolute Gasteiger partial charge is 0.264 e. The van der Waals surface area contributed by atoms with Gasteiger partial charge in [0, 0.05) is 23.4 Å². The van der Waals surface area contributed by atoms with Crippen LogP contribution in [-0.4, -0.2) is 9.78 Å². The molecule has 1 unspecified atom stereocenters. The van der Waals surface area contributed by atoms with Gasteiger partial charge in [0.15, 0.2) is 0 Å². The predicted octanol–water partition coefficient (Wildman–Crippen LogP) is 6.55. The first-order valence-electron chi connectivity index (χ1n) is 8.42. The lowest BCUT2D eigenvalue weighted by molar-refractivity contribution is 0.149. The molecule has 0 fully saturated rings. The molecule has 0 aliphatic heterocycles. The van der Waals surface area contributed by atoms with Gasteiger partial charge < -0.3 is 0 Å². The highest BCUT2D eigenvalue weighted by atomic mass is 35.5. The number of hydrogen-bond donors (Lipinski definition) is 0. The van der Waals surface area contributed by atoms with Gasteiger partial charge in [0.2, 0.25) is 0 Å². The van der Waals surface area contributed by atoms with Gasteiger partial charge in [-0.2, -0.15) is 5.10 Å². The van der Waals surface area contributed by atoms with Crippen molar-refractivity contribution < 1.29 is 8.78 Å². The summed E-state index contributed by atoms with van der Waals surface area (Å²) in [5.74, 6) is 0.139. The Kier molecular flexibility index (Phi) is 5.09. The van der Waals surface area contributed by atoms with Crippen LogP contribution in [0.25, 0.3) is 10.9 Å². The van der Waals surface area contributed by atoms with Gasteiger partial charge in [-0.1, -0.05) is 62.7 Å². The lowest BCUT2D eigenvalue weighted by atomic mass is 9.96. The van der Waals surface area contributed by atoms with E-state index in [1.165, 1.54) is 6.07 Å². The average molecular weight is 363 g/mol. The van der Waals surface area contributed by atoms with Gasteiger partial charge in [-0.25, -0.2) is 8.78 Å². The van der Waals surface area contributed by atoms with Crippen molar-refractivity contribution in [3.8, 4) is 0 Å². The summed E-state index contributed by atoms with van der Waals surface area (Å²) in [4.78, 5) is 0. The fourth-order valence-corrected chi connectivity index (χ4v) is 3.54. The van der Waals surface area contributed by atoms with Crippen LogP contribution in [0.4, 0.5) is 8.78 Å². The maximum absolute atomic E-state index is 13.3. The number of alkyl halides is 2. The Morgan fingerprint density at radius 1 is 1.00 bits per heavy atom. The van der Waals surface area contributed by atoms with Crippen LogP contribution in [0.3, 0.4) is 0 Å². The summed E-state index contributed by atoms with van der Waals surface area (Å²) < 4.78 is 28.5. The van der Waals surface area contributed by atoms with Gasteiger partial charge in [-0.15, -0.1) is 0 Å². The van der Waals surface area contributed by atoms with E-state index < -0.39 is 6.43 Å². The van der Waals surface area contributed by atoms with E-state index in [-0.39, 0.29) is 17.4 Å². The standard InChI is InChI=1S/C20H21ClF2N2/c1-12(2)19-18-16(21)9-6-10-17(18)25(24-19)11-13(3)14-7-4-5-8-15(14)20(22)23/h4-10,12-13,20H,11H2,1-3H3. The maximum atomic E-state index is 13.3. The summed E-state index contributed by atoms with van der Waals surface area (Å²) in [6.45, 7) is 6.62. The van der Waals surface area contributed by atoms with Crippen LogP contribution in [-0.2, 0) is 6.54 Å². The molecular weight excluding hydrogens is 342 g/mol. The Morgan fingerprint density at radius 2 is 1.68 bits per heavy atom. The van der Waals surface area contributed by atoms with E-state index in [0.717, 1.165) is 16.6 Å². The van der Waals surface area contributed by atoms with E-state index in [1.807, 2.05) is 29.8 Å². The van der Waals surface area contributed by atoms with Crippen LogP contribution >= 0.6 is 11.6 Å². The van der Waals surface area contributed by atoms with Crippen LogP contribution in [0.2, 0.25) is 5.02 Å². The molecule has 25 heavy (non-hydrogen) atoms. The third kappa shape index (κ3) is 3.40. The molecule has 1 heterocycles. The van der Waals surface area contributed by atoms with E-state index in [1.54, 1.807) is 18.2 Å². The topological polar surface area (TPSA) is 17.8 Å². The lowest BCUT2D eigenvalue weighted by Gasteiger charge is -2.17. The molecule has 0 spiro atoms. The van der Waals surface area contributed by atoms with Crippen molar-refractivity contribution in [1.29, 1.82) is 0 Å². The summed E-state index contributed by atoms with van der Waals surface area (Å²) in [7, 11) is 0. The third-order valence-electron chi connectivity index (χ3n) is 4.51. The van der Waals surface area contributed by atoms with Crippen molar-refractivity contribution in [3.05, 3.63) is 64.3 Å². The van der Waals surface area contributed by atoms with Crippen molar-refractivity contribution in [2.45, 2.75) is 45.6 Å². The second-order valence-corrected chi connectivity index (χ2v) is 7.09. The summed E-state index contributed by atoms with van der Waals surface area (Å²) >= 11 is 6.39. The van der Waals surface area contributed by atoms with Crippen molar-refractivity contribution in [1.82, 2.24) is 9.78 Å². The summed E-state index contributed by atoms with van der Waals surface area (Å²) in [5.41, 5.74) is 2.63. The number of hydrogen-bond acceptors (Lipinski definition) is 1. The molecule has 5 heteroatoms. The minimum Gasteiger partial charge on any atom is -0.264 e. The molecule has 0 aliphatic rings. The molecule has 3 aromatic rings. The fraction of sp³-hybridized carbons (Fsp3) is 0.350. The second kappa shape index (κ2) is 7.12. The van der Waals surface area contributed by atoms with E-state index in [0.29, 0.717) is 17.1 Å². The molecule has 1 atom stereocenters. The Hall–Kier alpha value is -1.94. The van der Waals surface area contributed by atoms with Crippen LogP contribution in [0.1, 0.15) is 55.9 Å². The van der Waals surface area contributed by atoms with Gasteiger partial charge in [0.25, 0.3) is 6.43 Å². The Balaban J connectivity index is 2.03. The quantitative estimate of drug-likeness (QED) is 0.503. The fourth-order valence-electron chi connectivity index (χ4n) is 3.27. The maximum Gasteiger partial charge on any atom is 0.264 e. The van der Waals surface area contributed by atoms with E-state index in [4.69, 9.17) is 16.7 Å². The molecule has 2 aromatic carbocycles. The van der Waals surface area contributed by atoms with E-state index in [9.17, 15) is 8.78 Å². The summed E-state index contributed by atoms with van der Waals surface area (Å²) in [6, 6.07) is 12.4. The minimum atomic E-state index is -2.48. The number of rotatable bonds is 5. The van der Waals surface area contributed by atoms with E-state index >= 15 is 0 Å². The first-order valence-corrected chi connectivity index (χ1v) is 8.79. The molecule has 0 saturated heterocycles. The molecule has 0 saturated carbocycles. The van der Waals surface area contributed by atoms with Crippen LogP contribution in [0.15, 0.2) is 42.5 Å². The number of nitrogens with zero attached hydrogens (tertiary/aromatic N) is 2. The highest BCUT2D eigenvalue weighted by molar-refractivity contribution is 6.35. The molecule has 0 aliphatic carbocycles. The molecule has 0 amide bonds. The molecular formula is C20H21ClF2N2. The monoisotopic (exact) mass is 362 g/mol. The highest BCUT2D eigenvalue weighted by Gasteiger charge is 2.20. The van der Waals surface area contributed by atoms with Crippen molar-refractivity contribution in [2.75, 3.05) is 0 Å². The van der Waals surface area contributed by atoms with Gasteiger partial charge in [-0.3, -0.25) is 4.68 Å². The van der Waals surface area contributed by atoms with Crippen LogP contribution < -0.4 is 0 Å². The zero-order valence-corrected chi connectivity index (χ0v) is 15.3. The van der Waals surface area contributed by atoms with Gasteiger partial charge in [0.05, 0.1) is 16.2 Å². The predicted molar refractivity (Wildman–Crippen MR) is 98.6 cm³/mol. The molecule has 0 radical (unpaired) electrons. The minimum absolute atomic E-state index is 0.0905. The molecule has 132 valence electrons. The largest absolute Gasteiger partial charge is 0.264 e. The van der Waals surface area contributed by atoms with Crippen molar-refractivity contribution in [2.24, 2.45) is 0 Å². The molecule has 0 N–H and O–H groups in total. The Bertz CT molecular complexity index is 887. The number of fused-ring (bicyclic) bond motifs is 1. The van der Waals surface area contributed by atoms with E-state index in [2.05, 4.69) is 13.8 Å². The molecule has 3 rings (SSSR count). The van der Waals surface area contributed by atoms with Gasteiger partial charge >= 0.3 is 0 Å². The Labute approximate surface area is 151 Å². The first-order chi connectivity index (χ1) is 11.9. The van der Waals surface area contributed by atoms with Gasteiger partial charge in [-0.05, 0) is 23.6 Å². The van der Waals surface area contributed by atoms with Crippen molar-refractivity contribution in [3.63, 3.8) is 0 Å². The SMILES string of the molecule is CC(C)c1nn(CC(C)c2ccccc2C(F)F)c2cccc(Cl)c12. The second-order valence-electron chi connectivity index (χ2n) is 6.69. The third-order valence-corrected chi connectivity index (χ3v) is 4.82. The average Bonchev–Trinajstić information content (AvgIpc) is 2.95. The van der Waals surface area contributed by atoms with Crippen LogP contribution in [0.5, 0.6) is 0 Å². The molecule has 2 nitrogen and oxygen atoms in total. The van der Waals surface area contributed by atoms with Gasteiger partial charge in [0.1, 0.15) is 0 Å². The van der Waals surface area contributed by atoms with Crippen LogP contribution in [0, 0.1) is 0 Å². The first kappa shape index (κ1) is 17.9. The molecule has 1 aromatic heterocycles. The van der Waals surface area contributed by atoms with Crippen molar-refractivity contribution >= 4 is 22.5 Å². The molecule has 0 bridgehead atoms.